The van der Waals surface area contributed by atoms with E-state index in [1.807, 2.05) is 35.9 Å². The van der Waals surface area contributed by atoms with E-state index in [0.29, 0.717) is 19.4 Å². The Kier molecular flexibility index (Phi) is 3.90. The second-order valence-electron chi connectivity index (χ2n) is 5.74. The summed E-state index contributed by atoms with van der Waals surface area (Å²) in [5.41, 5.74) is 1.95. The standard InChI is InChI=1S/C15H19N3O3S/c1-11-13-4-2-3-5-14(13)18(17-11)8-6-15(19)16-12-7-9-22(20,21)10-12/h2-5,12H,6-10H2,1H3,(H,16,19)/t12-/m1/s1. The highest BCUT2D eigenvalue weighted by Crippen LogP contribution is 2.17. The van der Waals surface area contributed by atoms with Crippen molar-refractivity contribution in [1.82, 2.24) is 15.1 Å². The Hall–Kier alpha value is -1.89. The van der Waals surface area contributed by atoms with Gasteiger partial charge in [0.15, 0.2) is 9.84 Å². The number of hydrogen-bond acceptors (Lipinski definition) is 4. The van der Waals surface area contributed by atoms with Crippen LogP contribution in [0, 0.1) is 6.92 Å². The van der Waals surface area contributed by atoms with Gasteiger partial charge in [0.25, 0.3) is 0 Å². The highest BCUT2D eigenvalue weighted by atomic mass is 32.2. The van der Waals surface area contributed by atoms with Crippen LogP contribution >= 0.6 is 0 Å². The van der Waals surface area contributed by atoms with Crippen LogP contribution in [0.1, 0.15) is 18.5 Å². The molecule has 6 nitrogen and oxygen atoms in total. The Morgan fingerprint density at radius 3 is 2.91 bits per heavy atom. The molecule has 22 heavy (non-hydrogen) atoms. The predicted molar refractivity (Wildman–Crippen MR) is 84.3 cm³/mol. The number of nitrogens with one attached hydrogen (secondary N) is 1. The quantitative estimate of drug-likeness (QED) is 0.912. The molecular weight excluding hydrogens is 302 g/mol. The zero-order valence-corrected chi connectivity index (χ0v) is 13.3. The van der Waals surface area contributed by atoms with E-state index in [1.54, 1.807) is 0 Å². The summed E-state index contributed by atoms with van der Waals surface area (Å²) in [6.07, 6.45) is 0.805. The van der Waals surface area contributed by atoms with E-state index in [9.17, 15) is 13.2 Å². The van der Waals surface area contributed by atoms with E-state index >= 15 is 0 Å². The maximum atomic E-state index is 12.0. The minimum atomic E-state index is -2.97. The molecule has 1 amide bonds. The first-order valence-electron chi connectivity index (χ1n) is 7.36. The van der Waals surface area contributed by atoms with Crippen LogP contribution in [0.25, 0.3) is 10.9 Å². The second-order valence-corrected chi connectivity index (χ2v) is 7.97. The number of nitrogens with zero attached hydrogens (tertiary/aromatic N) is 2. The van der Waals surface area contributed by atoms with Gasteiger partial charge >= 0.3 is 0 Å². The van der Waals surface area contributed by atoms with Gasteiger partial charge in [-0.1, -0.05) is 18.2 Å². The van der Waals surface area contributed by atoms with Gasteiger partial charge in [0.2, 0.25) is 5.91 Å². The van der Waals surface area contributed by atoms with Crippen LogP contribution < -0.4 is 5.32 Å². The number of carbonyl (C=O) groups is 1. The number of benzene rings is 1. The van der Waals surface area contributed by atoms with E-state index in [4.69, 9.17) is 0 Å². The first-order chi connectivity index (χ1) is 10.4. The fraction of sp³-hybridized carbons (Fsp3) is 0.467. The molecule has 1 aliphatic heterocycles. The Labute approximate surface area is 129 Å². The normalized spacial score (nSPS) is 20.3. The van der Waals surface area contributed by atoms with Gasteiger partial charge in [0.05, 0.1) is 29.3 Å². The molecule has 2 aromatic rings. The van der Waals surface area contributed by atoms with Gasteiger partial charge in [0.1, 0.15) is 0 Å². The Balaban J connectivity index is 1.61. The third kappa shape index (κ3) is 3.14. The van der Waals surface area contributed by atoms with Crippen LogP contribution in [0.2, 0.25) is 0 Å². The van der Waals surface area contributed by atoms with Crippen molar-refractivity contribution in [1.29, 1.82) is 0 Å². The third-order valence-corrected chi connectivity index (χ3v) is 5.76. The molecule has 2 heterocycles. The Bertz CT molecular complexity index is 811. The number of carbonyl (C=O) groups excluding carboxylic acids is 1. The maximum absolute atomic E-state index is 12.0. The highest BCUT2D eigenvalue weighted by molar-refractivity contribution is 7.91. The van der Waals surface area contributed by atoms with E-state index in [-0.39, 0.29) is 23.5 Å². The van der Waals surface area contributed by atoms with Gasteiger partial charge in [-0.2, -0.15) is 5.10 Å². The molecule has 1 atom stereocenters. The van der Waals surface area contributed by atoms with Crippen molar-refractivity contribution in [2.75, 3.05) is 11.5 Å². The number of aromatic nitrogens is 2. The minimum Gasteiger partial charge on any atom is -0.352 e. The fourth-order valence-electron chi connectivity index (χ4n) is 2.88. The molecule has 1 fully saturated rings. The molecule has 118 valence electrons. The molecule has 1 aliphatic rings. The van der Waals surface area contributed by atoms with Crippen LogP contribution in [0.5, 0.6) is 0 Å². The molecule has 1 aromatic carbocycles. The molecule has 0 radical (unpaired) electrons. The van der Waals surface area contributed by atoms with Gasteiger partial charge in [-0.05, 0) is 19.4 Å². The largest absolute Gasteiger partial charge is 0.352 e. The molecule has 0 aliphatic carbocycles. The maximum Gasteiger partial charge on any atom is 0.222 e. The van der Waals surface area contributed by atoms with E-state index in [1.165, 1.54) is 0 Å². The van der Waals surface area contributed by atoms with Crippen LogP contribution in [0.3, 0.4) is 0 Å². The van der Waals surface area contributed by atoms with E-state index < -0.39 is 9.84 Å². The summed E-state index contributed by atoms with van der Waals surface area (Å²) < 4.78 is 24.6. The summed E-state index contributed by atoms with van der Waals surface area (Å²) in [4.78, 5) is 12.0. The predicted octanol–water partition coefficient (Wildman–Crippen LogP) is 1.04. The van der Waals surface area contributed by atoms with E-state index in [0.717, 1.165) is 16.6 Å². The first kappa shape index (κ1) is 15.0. The van der Waals surface area contributed by atoms with Crippen LogP contribution in [0.4, 0.5) is 0 Å². The summed E-state index contributed by atoms with van der Waals surface area (Å²) >= 11 is 0. The van der Waals surface area contributed by atoms with Crippen molar-refractivity contribution in [3.8, 4) is 0 Å². The number of rotatable bonds is 4. The molecule has 0 saturated carbocycles. The molecule has 0 bridgehead atoms. The van der Waals surface area contributed by atoms with Gasteiger partial charge in [0, 0.05) is 17.8 Å². The summed E-state index contributed by atoms with van der Waals surface area (Å²) in [6, 6.07) is 7.67. The lowest BCUT2D eigenvalue weighted by Crippen LogP contribution is -2.36. The van der Waals surface area contributed by atoms with Crippen molar-refractivity contribution in [2.45, 2.75) is 32.4 Å². The van der Waals surface area contributed by atoms with Crippen molar-refractivity contribution in [3.63, 3.8) is 0 Å². The number of amides is 1. The number of para-hydroxylation sites is 1. The molecular formula is C15H19N3O3S. The molecule has 0 unspecified atom stereocenters. The second kappa shape index (κ2) is 5.72. The molecule has 1 saturated heterocycles. The van der Waals surface area contributed by atoms with Gasteiger partial charge in [-0.15, -0.1) is 0 Å². The lowest BCUT2D eigenvalue weighted by Gasteiger charge is -2.11. The van der Waals surface area contributed by atoms with E-state index in [2.05, 4.69) is 10.4 Å². The van der Waals surface area contributed by atoms with Gasteiger partial charge in [-0.25, -0.2) is 8.42 Å². The average Bonchev–Trinajstić information content (AvgIpc) is 2.97. The number of sulfone groups is 1. The van der Waals surface area contributed by atoms with Gasteiger partial charge < -0.3 is 5.32 Å². The first-order valence-corrected chi connectivity index (χ1v) is 9.19. The number of fused-ring (bicyclic) bond motifs is 1. The summed E-state index contributed by atoms with van der Waals surface area (Å²) in [5.74, 6) is 0.100. The van der Waals surface area contributed by atoms with Crippen LogP contribution in [-0.2, 0) is 21.2 Å². The molecule has 3 rings (SSSR count). The van der Waals surface area contributed by atoms with Crippen molar-refractivity contribution in [2.24, 2.45) is 0 Å². The molecule has 0 spiro atoms. The van der Waals surface area contributed by atoms with Crippen molar-refractivity contribution in [3.05, 3.63) is 30.0 Å². The average molecular weight is 321 g/mol. The molecule has 7 heteroatoms. The van der Waals surface area contributed by atoms with Crippen molar-refractivity contribution < 1.29 is 13.2 Å². The topological polar surface area (TPSA) is 81.1 Å². The zero-order chi connectivity index (χ0) is 15.7. The number of hydrogen-bond donors (Lipinski definition) is 1. The van der Waals surface area contributed by atoms with Crippen LogP contribution in [-0.4, -0.2) is 41.7 Å². The summed E-state index contributed by atoms with van der Waals surface area (Å²) in [7, 11) is -2.97. The monoisotopic (exact) mass is 321 g/mol. The highest BCUT2D eigenvalue weighted by Gasteiger charge is 2.28. The molecule has 1 N–H and O–H groups in total. The Morgan fingerprint density at radius 1 is 1.41 bits per heavy atom. The smallest absolute Gasteiger partial charge is 0.222 e. The SMILES string of the molecule is Cc1nn(CCC(=O)N[C@@H]2CCS(=O)(=O)C2)c2ccccc12. The Morgan fingerprint density at radius 2 is 2.18 bits per heavy atom. The zero-order valence-electron chi connectivity index (χ0n) is 12.4. The number of aryl methyl sites for hydroxylation is 2. The fourth-order valence-corrected chi connectivity index (χ4v) is 4.55. The third-order valence-electron chi connectivity index (χ3n) is 3.99. The van der Waals surface area contributed by atoms with Crippen LogP contribution in [0.15, 0.2) is 24.3 Å². The van der Waals surface area contributed by atoms with Gasteiger partial charge in [-0.3, -0.25) is 9.48 Å². The summed E-state index contributed by atoms with van der Waals surface area (Å²) in [6.45, 7) is 2.43. The lowest BCUT2D eigenvalue weighted by atomic mass is 10.2. The summed E-state index contributed by atoms with van der Waals surface area (Å²) in [5, 5.41) is 8.35. The molecule has 1 aromatic heterocycles. The van der Waals surface area contributed by atoms with Crippen molar-refractivity contribution >= 4 is 26.6 Å². The minimum absolute atomic E-state index is 0.0581. The lowest BCUT2D eigenvalue weighted by molar-refractivity contribution is -0.121.